The fourth-order valence-electron chi connectivity index (χ4n) is 7.73. The number of carbonyl (C=O) groups excluding carboxylic acids is 6. The average molecular weight is 884 g/mol. The molecule has 7 N–H and O–H groups in total. The maximum atomic E-state index is 14.4. The van der Waals surface area contributed by atoms with Crippen LogP contribution in [0.5, 0.6) is 0 Å². The van der Waals surface area contributed by atoms with Crippen LogP contribution in [0.15, 0.2) is 42.1 Å². The van der Waals surface area contributed by atoms with E-state index in [4.69, 9.17) is 10.8 Å². The lowest BCUT2D eigenvalue weighted by Crippen LogP contribution is -2.61. The Morgan fingerprint density at radius 2 is 1.65 bits per heavy atom. The molecule has 2 aromatic rings. The van der Waals surface area contributed by atoms with E-state index < -0.39 is 94.1 Å². The minimum absolute atomic E-state index is 0.00664. The molecule has 1 saturated heterocycles. The summed E-state index contributed by atoms with van der Waals surface area (Å²) in [6.07, 6.45) is 2.49. The van der Waals surface area contributed by atoms with Gasteiger partial charge < -0.3 is 41.4 Å². The largest absolute Gasteiger partial charge is 0.481 e. The Labute approximate surface area is 367 Å². The number of aliphatic carboxylic acids is 2. The van der Waals surface area contributed by atoms with Gasteiger partial charge in [0.05, 0.1) is 29.8 Å². The highest BCUT2D eigenvalue weighted by Crippen LogP contribution is 2.35. The molecule has 18 heteroatoms. The van der Waals surface area contributed by atoms with Crippen LogP contribution in [0.3, 0.4) is 0 Å². The van der Waals surface area contributed by atoms with Gasteiger partial charge in [0.1, 0.15) is 12.1 Å². The van der Waals surface area contributed by atoms with Crippen molar-refractivity contribution in [3.8, 4) is 0 Å². The normalized spacial score (nSPS) is 17.4. The smallest absolute Gasteiger partial charge is 0.321 e. The lowest BCUT2D eigenvalue weighted by atomic mass is 9.76. The molecule has 0 radical (unpaired) electrons. The van der Waals surface area contributed by atoms with Crippen LogP contribution in [-0.2, 0) is 50.8 Å². The molecule has 3 rings (SSSR count). The van der Waals surface area contributed by atoms with Gasteiger partial charge in [-0.05, 0) is 43.4 Å². The van der Waals surface area contributed by atoms with E-state index in [-0.39, 0.29) is 49.0 Å². The van der Waals surface area contributed by atoms with Crippen molar-refractivity contribution in [2.75, 3.05) is 26.4 Å². The number of rotatable bonds is 22. The number of benzene rings is 1. The number of hydrogen-bond acceptors (Lipinski definition) is 11. The SMILES string of the molecule is CN[C@H](C(=O)N[C@H](C(=O)N(C)[C@H](/C=C(\C)C(=O)N[C@@H](CC(=O)O)C(=O)CCCN1C(=O)CC(SC[C@H](N)C(=O)O)C1=O)C(C)C)C(C)(C)C)C(C)(C)c1cn(C)c2ccccc12. The molecule has 6 atom stereocenters. The van der Waals surface area contributed by atoms with E-state index in [9.17, 15) is 43.5 Å². The Hall–Kier alpha value is -5.07. The minimum atomic E-state index is -1.43. The number of thioether (sulfide) groups is 1. The third kappa shape index (κ3) is 12.5. The number of para-hydroxylation sites is 1. The number of fused-ring (bicyclic) bond motifs is 1. The zero-order valence-electron chi connectivity index (χ0n) is 37.7. The van der Waals surface area contributed by atoms with Gasteiger partial charge in [-0.15, -0.1) is 11.8 Å². The van der Waals surface area contributed by atoms with E-state index in [1.54, 1.807) is 20.2 Å². The van der Waals surface area contributed by atoms with E-state index in [2.05, 4.69) is 16.0 Å². The number of ketones is 1. The number of nitrogens with two attached hydrogens (primary N) is 1. The quantitative estimate of drug-likeness (QED) is 0.0736. The highest BCUT2D eigenvalue weighted by Gasteiger charge is 2.43. The van der Waals surface area contributed by atoms with Crippen LogP contribution >= 0.6 is 11.8 Å². The number of Topliss-reactive ketones (excluding diaryl/α,β-unsaturated/α-hetero) is 1. The number of nitrogens with zero attached hydrogens (tertiary/aromatic N) is 3. The first-order valence-electron chi connectivity index (χ1n) is 20.7. The number of likely N-dealkylation sites (N-methyl/N-ethyl adjacent to an activating group) is 2. The van der Waals surface area contributed by atoms with Crippen LogP contribution in [0.1, 0.15) is 86.6 Å². The predicted molar refractivity (Wildman–Crippen MR) is 237 cm³/mol. The summed E-state index contributed by atoms with van der Waals surface area (Å²) >= 11 is 0.969. The summed E-state index contributed by atoms with van der Waals surface area (Å²) in [6, 6.07) is 2.95. The van der Waals surface area contributed by atoms with E-state index in [1.807, 2.05) is 90.5 Å². The first kappa shape index (κ1) is 51.3. The monoisotopic (exact) mass is 883 g/mol. The fraction of sp³-hybridized carbons (Fsp3) is 0.591. The molecule has 0 saturated carbocycles. The molecule has 342 valence electrons. The molecular weight excluding hydrogens is 819 g/mol. The summed E-state index contributed by atoms with van der Waals surface area (Å²) in [5.74, 6) is -5.98. The van der Waals surface area contributed by atoms with Gasteiger partial charge >= 0.3 is 11.9 Å². The summed E-state index contributed by atoms with van der Waals surface area (Å²) in [5.41, 5.74) is 6.18. The molecule has 1 aliphatic heterocycles. The van der Waals surface area contributed by atoms with E-state index in [1.165, 1.54) is 11.8 Å². The molecule has 62 heavy (non-hydrogen) atoms. The zero-order chi connectivity index (χ0) is 47.0. The summed E-state index contributed by atoms with van der Waals surface area (Å²) in [7, 11) is 5.25. The first-order chi connectivity index (χ1) is 28.7. The third-order valence-corrected chi connectivity index (χ3v) is 12.7. The molecule has 1 aromatic heterocycles. The minimum Gasteiger partial charge on any atom is -0.481 e. The van der Waals surface area contributed by atoms with Gasteiger partial charge in [0.15, 0.2) is 5.78 Å². The number of carboxylic acid groups (broad SMARTS) is 2. The highest BCUT2D eigenvalue weighted by atomic mass is 32.2. The number of imide groups is 1. The lowest BCUT2D eigenvalue weighted by Gasteiger charge is -2.39. The Morgan fingerprint density at radius 1 is 1.02 bits per heavy atom. The molecule has 1 aromatic carbocycles. The number of carboxylic acids is 2. The van der Waals surface area contributed by atoms with Gasteiger partial charge in [0.2, 0.25) is 29.5 Å². The van der Waals surface area contributed by atoms with Crippen molar-refractivity contribution in [1.82, 2.24) is 30.3 Å². The van der Waals surface area contributed by atoms with Crippen molar-refractivity contribution >= 4 is 69.9 Å². The highest BCUT2D eigenvalue weighted by molar-refractivity contribution is 8.00. The van der Waals surface area contributed by atoms with Gasteiger partial charge in [-0.25, -0.2) is 0 Å². The Bertz CT molecular complexity index is 2060. The van der Waals surface area contributed by atoms with Crippen LogP contribution in [-0.4, -0.2) is 134 Å². The van der Waals surface area contributed by atoms with Crippen molar-refractivity contribution in [2.24, 2.45) is 24.1 Å². The predicted octanol–water partition coefficient (Wildman–Crippen LogP) is 2.59. The molecule has 17 nitrogen and oxygen atoms in total. The van der Waals surface area contributed by atoms with Crippen molar-refractivity contribution < 1.29 is 48.6 Å². The number of hydrogen-bond donors (Lipinski definition) is 6. The second-order valence-corrected chi connectivity index (χ2v) is 19.2. The second kappa shape index (κ2) is 21.3. The molecular formula is C44H65N7O10S. The average Bonchev–Trinajstić information content (AvgIpc) is 3.67. The van der Waals surface area contributed by atoms with Gasteiger partial charge in [0, 0.05) is 67.3 Å². The van der Waals surface area contributed by atoms with E-state index in [0.717, 1.165) is 33.1 Å². The number of likely N-dealkylation sites (tertiary alicyclic amines) is 1. The van der Waals surface area contributed by atoms with Gasteiger partial charge in [-0.3, -0.25) is 43.3 Å². The number of aryl methyl sites for hydroxylation is 1. The van der Waals surface area contributed by atoms with Crippen molar-refractivity contribution in [3.63, 3.8) is 0 Å². The maximum Gasteiger partial charge on any atom is 0.321 e. The second-order valence-electron chi connectivity index (χ2n) is 18.0. The molecule has 0 spiro atoms. The number of aromatic nitrogens is 1. The topological polar surface area (TPSA) is 251 Å². The number of nitrogens with one attached hydrogen (secondary N) is 3. The Morgan fingerprint density at radius 3 is 2.21 bits per heavy atom. The van der Waals surface area contributed by atoms with Crippen LogP contribution in [0, 0.1) is 11.3 Å². The van der Waals surface area contributed by atoms with Gasteiger partial charge in [-0.1, -0.05) is 72.7 Å². The summed E-state index contributed by atoms with van der Waals surface area (Å²) in [4.78, 5) is 106. The third-order valence-electron chi connectivity index (χ3n) is 11.4. The Balaban J connectivity index is 1.74. The van der Waals surface area contributed by atoms with Crippen LogP contribution in [0.4, 0.5) is 0 Å². The van der Waals surface area contributed by atoms with Gasteiger partial charge in [-0.2, -0.15) is 0 Å². The van der Waals surface area contributed by atoms with E-state index in [0.29, 0.717) is 0 Å². The van der Waals surface area contributed by atoms with Crippen molar-refractivity contribution in [3.05, 3.63) is 47.7 Å². The molecule has 5 amide bonds. The van der Waals surface area contributed by atoms with Crippen molar-refractivity contribution in [2.45, 2.75) is 122 Å². The maximum absolute atomic E-state index is 14.4. The molecule has 0 bridgehead atoms. The zero-order valence-corrected chi connectivity index (χ0v) is 38.6. The summed E-state index contributed by atoms with van der Waals surface area (Å²) in [6.45, 7) is 14.6. The lowest BCUT2D eigenvalue weighted by molar-refractivity contribution is -0.141. The summed E-state index contributed by atoms with van der Waals surface area (Å²) in [5, 5.41) is 27.6. The number of carbonyl (C=O) groups is 8. The van der Waals surface area contributed by atoms with Crippen LogP contribution in [0.2, 0.25) is 0 Å². The fourth-order valence-corrected chi connectivity index (χ4v) is 8.84. The molecule has 2 heterocycles. The first-order valence-corrected chi connectivity index (χ1v) is 21.8. The van der Waals surface area contributed by atoms with E-state index >= 15 is 0 Å². The van der Waals surface area contributed by atoms with Crippen LogP contribution in [0.25, 0.3) is 10.9 Å². The molecule has 1 fully saturated rings. The number of amides is 5. The van der Waals surface area contributed by atoms with Crippen LogP contribution < -0.4 is 21.7 Å². The molecule has 1 unspecified atom stereocenters. The molecule has 1 aliphatic rings. The van der Waals surface area contributed by atoms with Gasteiger partial charge in [0.25, 0.3) is 0 Å². The summed E-state index contributed by atoms with van der Waals surface area (Å²) < 4.78 is 2.02. The standard InChI is InChI=1S/C44H65N7O10S/c1-24(2)31(50(11)41(59)37(43(4,5)6)48-39(57)36(46-9)44(7,8)27-22-49(10)30-16-13-12-15-26(27)30)19-25(3)38(56)47-29(20-35(54)55)32(52)17-14-18-51-34(53)21-33(40(51)58)62-23-28(45)42(60)61/h12-13,15-16,19,22,24,28-29,31,33,36-37,46H,14,17-18,20-21,23,45H2,1-11H3,(H,47,56)(H,48,57)(H,54,55)(H,60,61)/b25-19+/t28-,29-,31+,33?,36+,37+/m0/s1. The molecule has 0 aliphatic carbocycles. The van der Waals surface area contributed by atoms with Crippen molar-refractivity contribution in [1.29, 1.82) is 0 Å². The Kier molecular flexibility index (Phi) is 17.6.